The molecule has 6 nitrogen and oxygen atoms in total. The quantitative estimate of drug-likeness (QED) is 0.889. The molecular formula is C19H23FN4O2. The standard InChI is InChI=1S/C19H23FN4O2/c1-13(2)26-18-17(21-9-10-22-18)23-14-7-11-24(12-8-14)19(25)15-5-3-4-6-16(15)20/h3-6,9-10,13-14H,7-8,11-12H2,1-2H3,(H,21,23). The lowest BCUT2D eigenvalue weighted by molar-refractivity contribution is 0.0713. The van der Waals surface area contributed by atoms with Gasteiger partial charge in [0.15, 0.2) is 5.82 Å². The van der Waals surface area contributed by atoms with E-state index in [4.69, 9.17) is 4.74 Å². The fraction of sp³-hybridized carbons (Fsp3) is 0.421. The normalized spacial score (nSPS) is 15.2. The lowest BCUT2D eigenvalue weighted by atomic mass is 10.0. The summed E-state index contributed by atoms with van der Waals surface area (Å²) in [7, 11) is 0. The summed E-state index contributed by atoms with van der Waals surface area (Å²) in [4.78, 5) is 22.7. The third-order valence-electron chi connectivity index (χ3n) is 4.24. The highest BCUT2D eigenvalue weighted by molar-refractivity contribution is 5.94. The van der Waals surface area contributed by atoms with E-state index in [0.29, 0.717) is 24.8 Å². The third-order valence-corrected chi connectivity index (χ3v) is 4.24. The van der Waals surface area contributed by atoms with Gasteiger partial charge in [-0.25, -0.2) is 14.4 Å². The second-order valence-electron chi connectivity index (χ2n) is 6.57. The number of anilines is 1. The molecule has 1 saturated heterocycles. The molecule has 138 valence electrons. The maximum absolute atomic E-state index is 13.8. The van der Waals surface area contributed by atoms with Crippen LogP contribution in [0.15, 0.2) is 36.7 Å². The smallest absolute Gasteiger partial charge is 0.257 e. The maximum Gasteiger partial charge on any atom is 0.257 e. The number of amides is 1. The Kier molecular flexibility index (Phi) is 5.65. The molecule has 1 N–H and O–H groups in total. The number of ether oxygens (including phenoxy) is 1. The molecule has 1 fully saturated rings. The van der Waals surface area contributed by atoms with Crippen molar-refractivity contribution in [3.63, 3.8) is 0 Å². The van der Waals surface area contributed by atoms with E-state index in [1.165, 1.54) is 12.1 Å². The van der Waals surface area contributed by atoms with Crippen molar-refractivity contribution in [3.05, 3.63) is 48.0 Å². The maximum atomic E-state index is 13.8. The van der Waals surface area contributed by atoms with Crippen LogP contribution in [0.3, 0.4) is 0 Å². The van der Waals surface area contributed by atoms with E-state index >= 15 is 0 Å². The summed E-state index contributed by atoms with van der Waals surface area (Å²) in [6, 6.07) is 6.25. The Labute approximate surface area is 152 Å². The minimum Gasteiger partial charge on any atom is -0.472 e. The predicted octanol–water partition coefficient (Wildman–Crippen LogP) is 3.12. The van der Waals surface area contributed by atoms with E-state index < -0.39 is 5.82 Å². The number of benzene rings is 1. The zero-order valence-electron chi connectivity index (χ0n) is 15.0. The number of aromatic nitrogens is 2. The number of likely N-dealkylation sites (tertiary alicyclic amines) is 1. The molecule has 0 bridgehead atoms. The summed E-state index contributed by atoms with van der Waals surface area (Å²) in [6.07, 6.45) is 4.72. The van der Waals surface area contributed by atoms with Crippen LogP contribution in [0.4, 0.5) is 10.2 Å². The van der Waals surface area contributed by atoms with Gasteiger partial charge in [0.05, 0.1) is 11.7 Å². The molecule has 1 aliphatic rings. The van der Waals surface area contributed by atoms with Crippen molar-refractivity contribution in [3.8, 4) is 5.88 Å². The molecule has 0 spiro atoms. The van der Waals surface area contributed by atoms with Crippen LogP contribution in [-0.4, -0.2) is 46.0 Å². The van der Waals surface area contributed by atoms with Crippen molar-refractivity contribution >= 4 is 11.7 Å². The summed E-state index contributed by atoms with van der Waals surface area (Å²) >= 11 is 0. The highest BCUT2D eigenvalue weighted by Gasteiger charge is 2.26. The number of hydrogen-bond donors (Lipinski definition) is 1. The fourth-order valence-corrected chi connectivity index (χ4v) is 2.96. The minimum atomic E-state index is -0.479. The third kappa shape index (κ3) is 4.28. The molecule has 1 aromatic heterocycles. The first-order valence-electron chi connectivity index (χ1n) is 8.82. The molecule has 0 atom stereocenters. The average molecular weight is 358 g/mol. The number of halogens is 1. The van der Waals surface area contributed by atoms with Crippen LogP contribution in [0.1, 0.15) is 37.0 Å². The second kappa shape index (κ2) is 8.12. The Bertz CT molecular complexity index is 761. The molecule has 0 radical (unpaired) electrons. The van der Waals surface area contributed by atoms with Gasteiger partial charge in [0.2, 0.25) is 0 Å². The van der Waals surface area contributed by atoms with Crippen LogP contribution in [0.2, 0.25) is 0 Å². The van der Waals surface area contributed by atoms with Crippen molar-refractivity contribution in [2.75, 3.05) is 18.4 Å². The lowest BCUT2D eigenvalue weighted by Crippen LogP contribution is -2.42. The van der Waals surface area contributed by atoms with Crippen LogP contribution < -0.4 is 10.1 Å². The highest BCUT2D eigenvalue weighted by Crippen LogP contribution is 2.23. The zero-order valence-corrected chi connectivity index (χ0v) is 15.0. The number of nitrogens with one attached hydrogen (secondary N) is 1. The molecule has 0 aliphatic carbocycles. The number of nitrogens with zero attached hydrogens (tertiary/aromatic N) is 3. The van der Waals surface area contributed by atoms with Gasteiger partial charge in [0, 0.05) is 31.5 Å². The van der Waals surface area contributed by atoms with Crippen molar-refractivity contribution in [2.45, 2.75) is 38.8 Å². The van der Waals surface area contributed by atoms with Gasteiger partial charge in [-0.2, -0.15) is 0 Å². The fourth-order valence-electron chi connectivity index (χ4n) is 2.96. The van der Waals surface area contributed by atoms with Gasteiger partial charge in [-0.3, -0.25) is 4.79 Å². The van der Waals surface area contributed by atoms with Gasteiger partial charge in [0.1, 0.15) is 5.82 Å². The van der Waals surface area contributed by atoms with E-state index in [1.807, 2.05) is 13.8 Å². The molecular weight excluding hydrogens is 335 g/mol. The van der Waals surface area contributed by atoms with E-state index in [2.05, 4.69) is 15.3 Å². The Morgan fingerprint density at radius 2 is 1.92 bits per heavy atom. The first kappa shape index (κ1) is 18.1. The van der Waals surface area contributed by atoms with E-state index in [9.17, 15) is 9.18 Å². The SMILES string of the molecule is CC(C)Oc1nccnc1NC1CCN(C(=O)c2ccccc2F)CC1. The first-order valence-corrected chi connectivity index (χ1v) is 8.82. The number of hydrogen-bond acceptors (Lipinski definition) is 5. The summed E-state index contributed by atoms with van der Waals surface area (Å²) in [6.45, 7) is 4.99. The Morgan fingerprint density at radius 1 is 1.23 bits per heavy atom. The van der Waals surface area contributed by atoms with E-state index in [-0.39, 0.29) is 23.6 Å². The molecule has 7 heteroatoms. The van der Waals surface area contributed by atoms with Gasteiger partial charge in [-0.1, -0.05) is 12.1 Å². The summed E-state index contributed by atoms with van der Waals surface area (Å²) in [5, 5.41) is 3.35. The van der Waals surface area contributed by atoms with Gasteiger partial charge < -0.3 is 15.0 Å². The summed E-state index contributed by atoms with van der Waals surface area (Å²) in [5.74, 6) is 0.352. The second-order valence-corrected chi connectivity index (χ2v) is 6.57. The Morgan fingerprint density at radius 3 is 2.62 bits per heavy atom. The molecule has 3 rings (SSSR count). The summed E-state index contributed by atoms with van der Waals surface area (Å²) < 4.78 is 19.5. The molecule has 2 heterocycles. The van der Waals surface area contributed by atoms with Gasteiger partial charge in [0.25, 0.3) is 11.8 Å². The molecule has 0 saturated carbocycles. The van der Waals surface area contributed by atoms with Gasteiger partial charge in [-0.05, 0) is 38.8 Å². The number of carbonyl (C=O) groups excluding carboxylic acids is 1. The zero-order chi connectivity index (χ0) is 18.5. The van der Waals surface area contributed by atoms with Gasteiger partial charge >= 0.3 is 0 Å². The molecule has 1 aliphatic heterocycles. The van der Waals surface area contributed by atoms with Crippen LogP contribution in [0, 0.1) is 5.82 Å². The molecule has 2 aromatic rings. The van der Waals surface area contributed by atoms with Crippen LogP contribution in [-0.2, 0) is 0 Å². The first-order chi connectivity index (χ1) is 12.5. The average Bonchev–Trinajstić information content (AvgIpc) is 2.63. The predicted molar refractivity (Wildman–Crippen MR) is 96.7 cm³/mol. The Balaban J connectivity index is 1.59. The van der Waals surface area contributed by atoms with Crippen molar-refractivity contribution in [2.24, 2.45) is 0 Å². The number of rotatable bonds is 5. The largest absolute Gasteiger partial charge is 0.472 e. The Hall–Kier alpha value is -2.70. The minimum absolute atomic E-state index is 0.00693. The van der Waals surface area contributed by atoms with Crippen molar-refractivity contribution < 1.29 is 13.9 Å². The lowest BCUT2D eigenvalue weighted by Gasteiger charge is -2.33. The topological polar surface area (TPSA) is 67.4 Å². The molecule has 1 aromatic carbocycles. The molecule has 0 unspecified atom stereocenters. The van der Waals surface area contributed by atoms with E-state index in [0.717, 1.165) is 12.8 Å². The van der Waals surface area contributed by atoms with Crippen LogP contribution in [0.5, 0.6) is 5.88 Å². The monoisotopic (exact) mass is 358 g/mol. The van der Waals surface area contributed by atoms with Crippen LogP contribution >= 0.6 is 0 Å². The van der Waals surface area contributed by atoms with Crippen molar-refractivity contribution in [1.82, 2.24) is 14.9 Å². The highest BCUT2D eigenvalue weighted by atomic mass is 19.1. The number of carbonyl (C=O) groups is 1. The van der Waals surface area contributed by atoms with Gasteiger partial charge in [-0.15, -0.1) is 0 Å². The number of piperidine rings is 1. The summed E-state index contributed by atoms with van der Waals surface area (Å²) in [5.41, 5.74) is 0.125. The van der Waals surface area contributed by atoms with Crippen molar-refractivity contribution in [1.29, 1.82) is 0 Å². The van der Waals surface area contributed by atoms with Crippen LogP contribution in [0.25, 0.3) is 0 Å². The molecule has 26 heavy (non-hydrogen) atoms. The molecule has 1 amide bonds. The van der Waals surface area contributed by atoms with E-state index in [1.54, 1.807) is 29.4 Å².